The lowest BCUT2D eigenvalue weighted by Crippen LogP contribution is -2.49. The Labute approximate surface area is 147 Å². The van der Waals surface area contributed by atoms with Gasteiger partial charge >= 0.3 is 5.97 Å². The van der Waals surface area contributed by atoms with Crippen LogP contribution in [0.1, 0.15) is 49.9 Å². The molecule has 3 rings (SSSR count). The number of carbonyl (C=O) groups excluding carboxylic acids is 1. The summed E-state index contributed by atoms with van der Waals surface area (Å²) in [6, 6.07) is 6.32. The van der Waals surface area contributed by atoms with E-state index in [2.05, 4.69) is 24.4 Å². The van der Waals surface area contributed by atoms with Gasteiger partial charge in [-0.15, -0.1) is 0 Å². The van der Waals surface area contributed by atoms with E-state index in [9.17, 15) is 9.59 Å². The van der Waals surface area contributed by atoms with Crippen LogP contribution in [-0.4, -0.2) is 35.8 Å². The number of benzene rings is 1. The zero-order valence-corrected chi connectivity index (χ0v) is 14.7. The molecule has 2 fully saturated rings. The second kappa shape index (κ2) is 6.59. The molecule has 1 aliphatic heterocycles. The minimum Gasteiger partial charge on any atom is -0.478 e. The third-order valence-corrected chi connectivity index (χ3v) is 5.11. The molecule has 0 atom stereocenters. The molecule has 0 amide bonds. The largest absolute Gasteiger partial charge is 0.478 e. The van der Waals surface area contributed by atoms with Gasteiger partial charge in [0, 0.05) is 25.0 Å². The Morgan fingerprint density at radius 1 is 1.20 bits per heavy atom. The minimum absolute atomic E-state index is 0.0128. The Kier molecular flexibility index (Phi) is 4.64. The van der Waals surface area contributed by atoms with E-state index in [0.717, 1.165) is 19.3 Å². The van der Waals surface area contributed by atoms with Crippen molar-refractivity contribution in [3.8, 4) is 0 Å². The van der Waals surface area contributed by atoms with Gasteiger partial charge in [-0.2, -0.15) is 5.10 Å². The lowest BCUT2D eigenvalue weighted by atomic mass is 9.59. The van der Waals surface area contributed by atoms with Crippen molar-refractivity contribution < 1.29 is 19.4 Å². The van der Waals surface area contributed by atoms with Gasteiger partial charge < -0.3 is 9.84 Å². The number of rotatable bonds is 3. The quantitative estimate of drug-likeness (QED) is 0.821. The summed E-state index contributed by atoms with van der Waals surface area (Å²) in [5, 5.41) is 13.3. The SMILES string of the molecule is CC1(C)C/C(=N\Nc2ccc(C(=O)O)cc2)C(=O)C2(CCOCC2)C1. The molecular weight excluding hydrogens is 320 g/mol. The van der Waals surface area contributed by atoms with Gasteiger partial charge in [0.15, 0.2) is 5.78 Å². The maximum Gasteiger partial charge on any atom is 0.335 e. The zero-order valence-electron chi connectivity index (χ0n) is 14.7. The van der Waals surface area contributed by atoms with Crippen LogP contribution in [0.4, 0.5) is 5.69 Å². The minimum atomic E-state index is -0.969. The van der Waals surface area contributed by atoms with E-state index in [0.29, 0.717) is 31.0 Å². The normalized spacial score (nSPS) is 23.6. The van der Waals surface area contributed by atoms with Gasteiger partial charge in [0.2, 0.25) is 0 Å². The summed E-state index contributed by atoms with van der Waals surface area (Å²) in [6.45, 7) is 5.60. The van der Waals surface area contributed by atoms with Crippen molar-refractivity contribution in [3.05, 3.63) is 29.8 Å². The van der Waals surface area contributed by atoms with Crippen LogP contribution in [0, 0.1) is 10.8 Å². The first-order valence-corrected chi connectivity index (χ1v) is 8.60. The lowest BCUT2D eigenvalue weighted by molar-refractivity contribution is -0.132. The van der Waals surface area contributed by atoms with Crippen molar-refractivity contribution in [2.24, 2.45) is 15.9 Å². The van der Waals surface area contributed by atoms with E-state index in [1.165, 1.54) is 12.1 Å². The van der Waals surface area contributed by atoms with Crippen LogP contribution in [0.2, 0.25) is 0 Å². The highest BCUT2D eigenvalue weighted by Crippen LogP contribution is 2.48. The van der Waals surface area contributed by atoms with Crippen molar-refractivity contribution in [3.63, 3.8) is 0 Å². The van der Waals surface area contributed by atoms with Gasteiger partial charge in [-0.1, -0.05) is 13.8 Å². The van der Waals surface area contributed by atoms with Crippen molar-refractivity contribution in [2.45, 2.75) is 39.5 Å². The van der Waals surface area contributed by atoms with Crippen molar-refractivity contribution in [1.29, 1.82) is 0 Å². The number of ketones is 1. The number of carboxylic acids is 1. The van der Waals surface area contributed by atoms with Gasteiger partial charge in [0.1, 0.15) is 5.71 Å². The molecule has 134 valence electrons. The van der Waals surface area contributed by atoms with E-state index >= 15 is 0 Å². The Hall–Kier alpha value is -2.21. The number of hydrogen-bond donors (Lipinski definition) is 2. The van der Waals surface area contributed by atoms with Crippen LogP contribution >= 0.6 is 0 Å². The van der Waals surface area contributed by atoms with Gasteiger partial charge in [0.05, 0.1) is 11.3 Å². The number of carboxylic acid groups (broad SMARTS) is 1. The number of nitrogens with one attached hydrogen (secondary N) is 1. The molecule has 2 N–H and O–H groups in total. The predicted octanol–water partition coefficient (Wildman–Crippen LogP) is 3.34. The molecule has 1 saturated heterocycles. The van der Waals surface area contributed by atoms with Gasteiger partial charge in [-0.3, -0.25) is 10.2 Å². The number of Topliss-reactive ketones (excluding diaryl/α,β-unsaturated/α-hetero) is 1. The van der Waals surface area contributed by atoms with Crippen LogP contribution in [0.15, 0.2) is 29.4 Å². The molecule has 1 saturated carbocycles. The van der Waals surface area contributed by atoms with Crippen molar-refractivity contribution in [1.82, 2.24) is 0 Å². The van der Waals surface area contributed by atoms with Crippen LogP contribution in [0.25, 0.3) is 0 Å². The molecule has 6 heteroatoms. The summed E-state index contributed by atoms with van der Waals surface area (Å²) in [4.78, 5) is 24.0. The number of ether oxygens (including phenoxy) is 1. The van der Waals surface area contributed by atoms with Gasteiger partial charge in [-0.05, 0) is 48.9 Å². The topological polar surface area (TPSA) is 88.0 Å². The average molecular weight is 344 g/mol. The fourth-order valence-electron chi connectivity index (χ4n) is 3.97. The summed E-state index contributed by atoms with van der Waals surface area (Å²) in [7, 11) is 0. The standard InChI is InChI=1S/C19H24N2O4/c1-18(2)11-15(16(22)19(12-18)7-9-25-10-8-19)21-20-14-5-3-13(4-6-14)17(23)24/h3-6,20H,7-12H2,1-2H3,(H,23,24)/b21-15+. The zero-order chi connectivity index (χ0) is 18.1. The number of carbonyl (C=O) groups is 2. The molecule has 2 aliphatic rings. The smallest absolute Gasteiger partial charge is 0.335 e. The first kappa shape index (κ1) is 17.6. The molecule has 1 aromatic rings. The summed E-state index contributed by atoms with van der Waals surface area (Å²) >= 11 is 0. The van der Waals surface area contributed by atoms with E-state index < -0.39 is 5.97 Å². The molecule has 0 unspecified atom stereocenters. The van der Waals surface area contributed by atoms with Crippen molar-refractivity contribution in [2.75, 3.05) is 18.6 Å². The summed E-state index contributed by atoms with van der Waals surface area (Å²) in [5.74, 6) is -0.840. The Bertz CT molecular complexity index is 701. The first-order chi connectivity index (χ1) is 11.8. The number of hydrogen-bond acceptors (Lipinski definition) is 5. The second-order valence-corrected chi connectivity index (χ2v) is 7.79. The summed E-state index contributed by atoms with van der Waals surface area (Å²) < 4.78 is 5.45. The molecule has 1 heterocycles. The number of hydrazone groups is 1. The third-order valence-electron chi connectivity index (χ3n) is 5.11. The third kappa shape index (κ3) is 3.74. The van der Waals surface area contributed by atoms with Gasteiger partial charge in [0.25, 0.3) is 0 Å². The second-order valence-electron chi connectivity index (χ2n) is 7.79. The Morgan fingerprint density at radius 3 is 2.44 bits per heavy atom. The maximum absolute atomic E-state index is 13.1. The highest BCUT2D eigenvalue weighted by molar-refractivity contribution is 6.42. The number of aromatic carboxylic acids is 1. The Morgan fingerprint density at radius 2 is 1.84 bits per heavy atom. The molecule has 0 radical (unpaired) electrons. The lowest BCUT2D eigenvalue weighted by Gasteiger charge is -2.45. The van der Waals surface area contributed by atoms with E-state index in [-0.39, 0.29) is 22.2 Å². The molecule has 1 aromatic carbocycles. The van der Waals surface area contributed by atoms with Crippen LogP contribution in [0.5, 0.6) is 0 Å². The maximum atomic E-state index is 13.1. The highest BCUT2D eigenvalue weighted by Gasteiger charge is 2.50. The Balaban J connectivity index is 1.80. The predicted molar refractivity (Wildman–Crippen MR) is 95.0 cm³/mol. The average Bonchev–Trinajstić information content (AvgIpc) is 2.57. The van der Waals surface area contributed by atoms with Crippen LogP contribution < -0.4 is 5.43 Å². The molecule has 6 nitrogen and oxygen atoms in total. The van der Waals surface area contributed by atoms with E-state index in [1.807, 2.05) is 0 Å². The molecule has 25 heavy (non-hydrogen) atoms. The monoisotopic (exact) mass is 344 g/mol. The van der Waals surface area contributed by atoms with E-state index in [4.69, 9.17) is 9.84 Å². The van der Waals surface area contributed by atoms with Crippen molar-refractivity contribution >= 4 is 23.2 Å². The molecule has 0 aromatic heterocycles. The first-order valence-electron chi connectivity index (χ1n) is 8.60. The van der Waals surface area contributed by atoms with Gasteiger partial charge in [-0.25, -0.2) is 4.79 Å². The molecule has 0 bridgehead atoms. The number of anilines is 1. The highest BCUT2D eigenvalue weighted by atomic mass is 16.5. The molecule has 1 aliphatic carbocycles. The fraction of sp³-hybridized carbons (Fsp3) is 0.526. The molecular formula is C19H24N2O4. The van der Waals surface area contributed by atoms with E-state index in [1.54, 1.807) is 12.1 Å². The number of nitrogens with zero attached hydrogens (tertiary/aromatic N) is 1. The molecule has 1 spiro atoms. The summed E-state index contributed by atoms with van der Waals surface area (Å²) in [5.41, 5.74) is 4.02. The van der Waals surface area contributed by atoms with Crippen LogP contribution in [0.3, 0.4) is 0 Å². The summed E-state index contributed by atoms with van der Waals surface area (Å²) in [6.07, 6.45) is 3.01. The fourth-order valence-corrected chi connectivity index (χ4v) is 3.97. The van der Waals surface area contributed by atoms with Crippen LogP contribution in [-0.2, 0) is 9.53 Å².